The van der Waals surface area contributed by atoms with Gasteiger partial charge in [0.05, 0.1) is 0 Å². The average molecular weight is 291 g/mol. The van der Waals surface area contributed by atoms with Crippen molar-refractivity contribution in [3.63, 3.8) is 0 Å². The van der Waals surface area contributed by atoms with Gasteiger partial charge in [-0.15, -0.1) is 0 Å². The summed E-state index contributed by atoms with van der Waals surface area (Å²) in [6.07, 6.45) is 0. The Bertz CT molecular complexity index is 711. The molecule has 1 aliphatic rings. The number of fused-ring (bicyclic) bond motifs is 1. The second kappa shape index (κ2) is 5.12. The van der Waals surface area contributed by atoms with Crippen LogP contribution in [0.4, 0.5) is 0 Å². The number of hydrogen-bond donors (Lipinski definition) is 2. The number of nitrogens with one attached hydrogen (secondary N) is 1. The van der Waals surface area contributed by atoms with Crippen LogP contribution in [0.5, 0.6) is 11.5 Å². The molecule has 0 atom stereocenters. The highest BCUT2D eigenvalue weighted by Crippen LogP contribution is 2.35. The van der Waals surface area contributed by atoms with Crippen LogP contribution < -0.4 is 14.8 Å². The summed E-state index contributed by atoms with van der Waals surface area (Å²) in [7, 11) is 0. The normalized spacial score (nSPS) is 12.2. The topological polar surface area (TPSA) is 124 Å². The Balaban J connectivity index is 1.78. The van der Waals surface area contributed by atoms with E-state index in [0.29, 0.717) is 17.1 Å². The maximum Gasteiger partial charge on any atom is 0.322 e. The van der Waals surface area contributed by atoms with Crippen molar-refractivity contribution >= 4 is 11.9 Å². The first-order chi connectivity index (χ1) is 10.1. The maximum atomic E-state index is 11.6. The standard InChI is InChI=1S/C12H9N3O6/c16-9(17)4-13-11(18)12-14-10(15-21-12)6-1-2-7-8(3-6)20-5-19-7/h1-3H,4-5H2,(H,13,18)(H,16,17). The van der Waals surface area contributed by atoms with E-state index in [-0.39, 0.29) is 18.5 Å². The Labute approximate surface area is 117 Å². The van der Waals surface area contributed by atoms with Crippen molar-refractivity contribution in [2.75, 3.05) is 13.3 Å². The number of nitrogens with zero attached hydrogens (tertiary/aromatic N) is 2. The minimum atomic E-state index is -1.17. The highest BCUT2D eigenvalue weighted by molar-refractivity contribution is 5.91. The maximum absolute atomic E-state index is 11.6. The van der Waals surface area contributed by atoms with Crippen LogP contribution in [-0.4, -0.2) is 40.5 Å². The number of aromatic nitrogens is 2. The van der Waals surface area contributed by atoms with Crippen molar-refractivity contribution in [3.05, 3.63) is 24.1 Å². The van der Waals surface area contributed by atoms with Gasteiger partial charge in [0.1, 0.15) is 6.54 Å². The number of rotatable bonds is 4. The zero-order valence-corrected chi connectivity index (χ0v) is 10.5. The van der Waals surface area contributed by atoms with E-state index in [4.69, 9.17) is 19.1 Å². The monoisotopic (exact) mass is 291 g/mol. The number of carboxylic acids is 1. The molecule has 1 amide bonds. The fraction of sp³-hybridized carbons (Fsp3) is 0.167. The first-order valence-corrected chi connectivity index (χ1v) is 5.87. The third kappa shape index (κ3) is 2.61. The van der Waals surface area contributed by atoms with Gasteiger partial charge in [-0.05, 0) is 18.2 Å². The van der Waals surface area contributed by atoms with Crippen molar-refractivity contribution < 1.29 is 28.7 Å². The van der Waals surface area contributed by atoms with E-state index < -0.39 is 18.4 Å². The molecule has 2 N–H and O–H groups in total. The van der Waals surface area contributed by atoms with E-state index in [9.17, 15) is 9.59 Å². The summed E-state index contributed by atoms with van der Waals surface area (Å²) in [6.45, 7) is -0.381. The van der Waals surface area contributed by atoms with Gasteiger partial charge in [-0.2, -0.15) is 4.98 Å². The molecule has 0 bridgehead atoms. The number of carboxylic acid groups (broad SMARTS) is 1. The summed E-state index contributed by atoms with van der Waals surface area (Å²) in [5.74, 6) is -0.885. The van der Waals surface area contributed by atoms with Crippen molar-refractivity contribution in [2.45, 2.75) is 0 Å². The Morgan fingerprint density at radius 3 is 2.90 bits per heavy atom. The van der Waals surface area contributed by atoms with Gasteiger partial charge in [0.25, 0.3) is 0 Å². The average Bonchev–Trinajstić information content (AvgIpc) is 3.12. The Morgan fingerprint density at radius 1 is 1.29 bits per heavy atom. The number of amides is 1. The molecule has 1 aliphatic heterocycles. The van der Waals surface area contributed by atoms with Gasteiger partial charge < -0.3 is 24.4 Å². The van der Waals surface area contributed by atoms with Gasteiger partial charge in [-0.25, -0.2) is 0 Å². The lowest BCUT2D eigenvalue weighted by Gasteiger charge is -1.97. The number of hydrogen-bond acceptors (Lipinski definition) is 7. The first kappa shape index (κ1) is 12.9. The van der Waals surface area contributed by atoms with Crippen LogP contribution >= 0.6 is 0 Å². The van der Waals surface area contributed by atoms with Crippen LogP contribution in [0.2, 0.25) is 0 Å². The van der Waals surface area contributed by atoms with Crippen LogP contribution in [-0.2, 0) is 4.79 Å². The van der Waals surface area contributed by atoms with Crippen LogP contribution in [0.1, 0.15) is 10.7 Å². The second-order valence-corrected chi connectivity index (χ2v) is 4.07. The Morgan fingerprint density at radius 2 is 2.10 bits per heavy atom. The quantitative estimate of drug-likeness (QED) is 0.823. The highest BCUT2D eigenvalue weighted by atomic mass is 16.7. The van der Waals surface area contributed by atoms with Crippen molar-refractivity contribution in [3.8, 4) is 22.9 Å². The number of carbonyl (C=O) groups excluding carboxylic acids is 1. The smallest absolute Gasteiger partial charge is 0.322 e. The molecule has 0 spiro atoms. The first-order valence-electron chi connectivity index (χ1n) is 5.87. The van der Waals surface area contributed by atoms with E-state index in [1.807, 2.05) is 0 Å². The van der Waals surface area contributed by atoms with E-state index in [1.54, 1.807) is 18.2 Å². The lowest BCUT2D eigenvalue weighted by molar-refractivity contribution is -0.135. The summed E-state index contributed by atoms with van der Waals surface area (Å²) in [6, 6.07) is 5.04. The molecule has 9 nitrogen and oxygen atoms in total. The molecular formula is C12H9N3O6. The number of benzene rings is 1. The number of carbonyl (C=O) groups is 2. The van der Waals surface area contributed by atoms with Crippen molar-refractivity contribution in [1.29, 1.82) is 0 Å². The summed E-state index contributed by atoms with van der Waals surface area (Å²) < 4.78 is 15.2. The minimum Gasteiger partial charge on any atom is -0.480 e. The third-order valence-electron chi connectivity index (χ3n) is 2.65. The molecule has 9 heteroatoms. The molecule has 0 unspecified atom stereocenters. The molecule has 0 saturated carbocycles. The van der Waals surface area contributed by atoms with Crippen molar-refractivity contribution in [2.24, 2.45) is 0 Å². The van der Waals surface area contributed by atoms with E-state index >= 15 is 0 Å². The lowest BCUT2D eigenvalue weighted by atomic mass is 10.2. The lowest BCUT2D eigenvalue weighted by Crippen LogP contribution is -2.29. The molecule has 108 valence electrons. The van der Waals surface area contributed by atoms with Gasteiger partial charge in [0, 0.05) is 5.56 Å². The predicted molar refractivity (Wildman–Crippen MR) is 65.8 cm³/mol. The van der Waals surface area contributed by atoms with Crippen LogP contribution in [0.3, 0.4) is 0 Å². The van der Waals surface area contributed by atoms with Crippen molar-refractivity contribution in [1.82, 2.24) is 15.5 Å². The SMILES string of the molecule is O=C(O)CNC(=O)c1nc(-c2ccc3c(c2)OCO3)no1. The molecule has 3 rings (SSSR count). The molecular weight excluding hydrogens is 282 g/mol. The number of aliphatic carboxylic acids is 1. The molecule has 2 heterocycles. The van der Waals surface area contributed by atoms with Crippen LogP contribution in [0.15, 0.2) is 22.7 Å². The fourth-order valence-electron chi connectivity index (χ4n) is 1.70. The van der Waals surface area contributed by atoms with Gasteiger partial charge in [0.2, 0.25) is 12.6 Å². The summed E-state index contributed by atoms with van der Waals surface area (Å²) in [5, 5.41) is 14.3. The van der Waals surface area contributed by atoms with Crippen LogP contribution in [0.25, 0.3) is 11.4 Å². The largest absolute Gasteiger partial charge is 0.480 e. The zero-order valence-electron chi connectivity index (χ0n) is 10.5. The highest BCUT2D eigenvalue weighted by Gasteiger charge is 2.19. The van der Waals surface area contributed by atoms with Gasteiger partial charge in [-0.3, -0.25) is 9.59 Å². The molecule has 2 aromatic rings. The van der Waals surface area contributed by atoms with Gasteiger partial charge in [0.15, 0.2) is 11.5 Å². The van der Waals surface area contributed by atoms with E-state index in [2.05, 4.69) is 15.5 Å². The fourth-order valence-corrected chi connectivity index (χ4v) is 1.70. The number of ether oxygens (including phenoxy) is 2. The second-order valence-electron chi connectivity index (χ2n) is 4.07. The molecule has 1 aromatic heterocycles. The van der Waals surface area contributed by atoms with Gasteiger partial charge >= 0.3 is 17.8 Å². The summed E-state index contributed by atoms with van der Waals surface area (Å²) >= 11 is 0. The molecule has 0 saturated heterocycles. The summed E-state index contributed by atoms with van der Waals surface area (Å²) in [4.78, 5) is 25.8. The van der Waals surface area contributed by atoms with Gasteiger partial charge in [-0.1, -0.05) is 5.16 Å². The molecule has 0 radical (unpaired) electrons. The zero-order chi connectivity index (χ0) is 14.8. The van der Waals surface area contributed by atoms with Crippen LogP contribution in [0, 0.1) is 0 Å². The molecule has 0 aliphatic carbocycles. The third-order valence-corrected chi connectivity index (χ3v) is 2.65. The molecule has 0 fully saturated rings. The predicted octanol–water partition coefficient (Wildman–Crippen LogP) is 0.280. The van der Waals surface area contributed by atoms with E-state index in [1.165, 1.54) is 0 Å². The Hall–Kier alpha value is -3.10. The Kier molecular flexibility index (Phi) is 3.14. The summed E-state index contributed by atoms with van der Waals surface area (Å²) in [5.41, 5.74) is 0.584. The molecule has 1 aromatic carbocycles. The minimum absolute atomic E-state index is 0.147. The van der Waals surface area contributed by atoms with E-state index in [0.717, 1.165) is 0 Å². The molecule has 21 heavy (non-hydrogen) atoms.